The van der Waals surface area contributed by atoms with Crippen LogP contribution in [0.2, 0.25) is 0 Å². The zero-order valence-electron chi connectivity index (χ0n) is 13.4. The predicted octanol–water partition coefficient (Wildman–Crippen LogP) is 2.15. The largest absolute Gasteiger partial charge is 0.399 e. The van der Waals surface area contributed by atoms with Crippen LogP contribution >= 0.6 is 0 Å². The van der Waals surface area contributed by atoms with E-state index < -0.39 is 5.41 Å². The van der Waals surface area contributed by atoms with Gasteiger partial charge in [-0.2, -0.15) is 0 Å². The van der Waals surface area contributed by atoms with Gasteiger partial charge in [0.2, 0.25) is 5.91 Å². The smallest absolute Gasteiger partial charge is 0.230 e. The van der Waals surface area contributed by atoms with Crippen LogP contribution in [0.1, 0.15) is 39.2 Å². The Morgan fingerprint density at radius 2 is 1.86 bits per heavy atom. The quantitative estimate of drug-likeness (QED) is 0.817. The maximum absolute atomic E-state index is 12.6. The van der Waals surface area contributed by atoms with Crippen LogP contribution < -0.4 is 11.1 Å². The maximum Gasteiger partial charge on any atom is 0.230 e. The van der Waals surface area contributed by atoms with Crippen LogP contribution in [0, 0.1) is 0 Å². The predicted molar refractivity (Wildman–Crippen MR) is 87.2 cm³/mol. The molecule has 0 radical (unpaired) electrons. The van der Waals surface area contributed by atoms with Crippen molar-refractivity contribution in [3.63, 3.8) is 0 Å². The molecule has 1 aromatic rings. The van der Waals surface area contributed by atoms with E-state index in [9.17, 15) is 4.79 Å². The van der Waals surface area contributed by atoms with Crippen LogP contribution in [0.3, 0.4) is 0 Å². The highest BCUT2D eigenvalue weighted by Gasteiger charge is 2.30. The van der Waals surface area contributed by atoms with Gasteiger partial charge in [0.15, 0.2) is 0 Å². The molecule has 4 heteroatoms. The number of nitrogen functional groups attached to an aromatic ring is 1. The van der Waals surface area contributed by atoms with Gasteiger partial charge in [-0.25, -0.2) is 0 Å². The number of hydrogen-bond donors (Lipinski definition) is 2. The fourth-order valence-corrected chi connectivity index (χ4v) is 2.83. The zero-order chi connectivity index (χ0) is 15.5. The summed E-state index contributed by atoms with van der Waals surface area (Å²) in [5.41, 5.74) is 6.87. The van der Waals surface area contributed by atoms with Crippen molar-refractivity contribution in [2.75, 3.05) is 25.4 Å². The Hall–Kier alpha value is -1.55. The van der Waals surface area contributed by atoms with Crippen LogP contribution in [0.4, 0.5) is 5.69 Å². The Morgan fingerprint density at radius 3 is 2.43 bits per heavy atom. The normalized spacial score (nSPS) is 17.7. The van der Waals surface area contributed by atoms with Crippen molar-refractivity contribution in [1.29, 1.82) is 0 Å². The third kappa shape index (κ3) is 3.97. The molecule has 0 saturated carbocycles. The Labute approximate surface area is 127 Å². The number of benzene rings is 1. The van der Waals surface area contributed by atoms with Gasteiger partial charge in [-0.1, -0.05) is 12.1 Å². The molecule has 2 rings (SSSR count). The van der Waals surface area contributed by atoms with Gasteiger partial charge in [0.1, 0.15) is 0 Å². The molecule has 3 N–H and O–H groups in total. The van der Waals surface area contributed by atoms with Crippen molar-refractivity contribution in [3.8, 4) is 0 Å². The van der Waals surface area contributed by atoms with Crippen molar-refractivity contribution in [2.24, 2.45) is 0 Å². The van der Waals surface area contributed by atoms with Crippen molar-refractivity contribution in [1.82, 2.24) is 10.2 Å². The Bertz CT molecular complexity index is 475. The molecule has 1 aliphatic heterocycles. The number of carbonyl (C=O) groups is 1. The van der Waals surface area contributed by atoms with Gasteiger partial charge in [-0.15, -0.1) is 0 Å². The molecule has 116 valence electrons. The summed E-state index contributed by atoms with van der Waals surface area (Å²) in [6.45, 7) is 9.23. The molecular formula is C17H27N3O. The third-order valence-electron chi connectivity index (χ3n) is 4.31. The van der Waals surface area contributed by atoms with E-state index in [0.29, 0.717) is 0 Å². The summed E-state index contributed by atoms with van der Waals surface area (Å²) in [7, 11) is 0. The van der Waals surface area contributed by atoms with E-state index in [4.69, 9.17) is 5.73 Å². The molecule has 0 aliphatic carbocycles. The summed E-state index contributed by atoms with van der Waals surface area (Å²) >= 11 is 0. The maximum atomic E-state index is 12.6. The fraction of sp³-hybridized carbons (Fsp3) is 0.588. The molecule has 1 aromatic carbocycles. The number of carbonyl (C=O) groups excluding carboxylic acids is 1. The molecule has 1 aliphatic rings. The highest BCUT2D eigenvalue weighted by molar-refractivity contribution is 5.87. The Kier molecular flexibility index (Phi) is 4.88. The van der Waals surface area contributed by atoms with Crippen LogP contribution in [0.5, 0.6) is 0 Å². The average molecular weight is 289 g/mol. The van der Waals surface area contributed by atoms with Crippen LogP contribution in [0.15, 0.2) is 24.3 Å². The number of rotatable bonds is 5. The molecular weight excluding hydrogens is 262 g/mol. The summed E-state index contributed by atoms with van der Waals surface area (Å²) in [5, 5.41) is 3.15. The molecule has 1 amide bonds. The lowest BCUT2D eigenvalue weighted by Gasteiger charge is -2.28. The van der Waals surface area contributed by atoms with Gasteiger partial charge in [0.25, 0.3) is 0 Å². The number of nitrogens with one attached hydrogen (secondary N) is 1. The molecule has 1 unspecified atom stereocenters. The van der Waals surface area contributed by atoms with Crippen molar-refractivity contribution < 1.29 is 4.79 Å². The molecule has 1 heterocycles. The van der Waals surface area contributed by atoms with E-state index >= 15 is 0 Å². The summed E-state index contributed by atoms with van der Waals surface area (Å²) < 4.78 is 0. The van der Waals surface area contributed by atoms with Crippen molar-refractivity contribution in [3.05, 3.63) is 29.8 Å². The number of nitrogens with two attached hydrogens (primary N) is 1. The monoisotopic (exact) mass is 289 g/mol. The summed E-state index contributed by atoms with van der Waals surface area (Å²) in [6, 6.07) is 7.72. The lowest BCUT2D eigenvalue weighted by molar-refractivity contribution is -0.126. The highest BCUT2D eigenvalue weighted by atomic mass is 16.2. The minimum absolute atomic E-state index is 0.0685. The van der Waals surface area contributed by atoms with Crippen LogP contribution in [-0.4, -0.2) is 36.5 Å². The molecule has 21 heavy (non-hydrogen) atoms. The third-order valence-corrected chi connectivity index (χ3v) is 4.31. The van der Waals surface area contributed by atoms with E-state index in [-0.39, 0.29) is 11.9 Å². The van der Waals surface area contributed by atoms with Gasteiger partial charge in [0.05, 0.1) is 5.41 Å². The van der Waals surface area contributed by atoms with E-state index in [1.807, 2.05) is 38.1 Å². The zero-order valence-corrected chi connectivity index (χ0v) is 13.4. The first-order valence-corrected chi connectivity index (χ1v) is 7.79. The van der Waals surface area contributed by atoms with Crippen LogP contribution in [-0.2, 0) is 10.2 Å². The molecule has 0 bridgehead atoms. The van der Waals surface area contributed by atoms with Crippen molar-refractivity contribution in [2.45, 2.75) is 45.1 Å². The standard InChI is InChI=1S/C17H27N3O/c1-13(12-20-10-4-5-11-20)19-16(21)17(2,3)14-6-8-15(18)9-7-14/h6-9,13H,4-5,10-12,18H2,1-3H3,(H,19,21). The van der Waals surface area contributed by atoms with Gasteiger partial charge in [0, 0.05) is 18.3 Å². The number of hydrogen-bond acceptors (Lipinski definition) is 3. The average Bonchev–Trinajstić information content (AvgIpc) is 2.91. The SMILES string of the molecule is CC(CN1CCCC1)NC(=O)C(C)(C)c1ccc(N)cc1. The molecule has 4 nitrogen and oxygen atoms in total. The number of likely N-dealkylation sites (tertiary alicyclic amines) is 1. The first kappa shape index (κ1) is 15.8. The first-order chi connectivity index (χ1) is 9.89. The number of nitrogens with zero attached hydrogens (tertiary/aromatic N) is 1. The van der Waals surface area contributed by atoms with Gasteiger partial charge in [-0.05, 0) is 64.4 Å². The summed E-state index contributed by atoms with van der Waals surface area (Å²) in [6.07, 6.45) is 2.55. The molecule has 0 aromatic heterocycles. The minimum Gasteiger partial charge on any atom is -0.399 e. The molecule has 1 atom stereocenters. The Balaban J connectivity index is 1.95. The topological polar surface area (TPSA) is 58.4 Å². The van der Waals surface area contributed by atoms with E-state index in [2.05, 4.69) is 17.1 Å². The minimum atomic E-state index is -0.549. The second kappa shape index (κ2) is 6.48. The first-order valence-electron chi connectivity index (χ1n) is 7.79. The lowest BCUT2D eigenvalue weighted by atomic mass is 9.83. The molecule has 1 fully saturated rings. The number of amides is 1. The molecule has 0 spiro atoms. The second-order valence-corrected chi connectivity index (χ2v) is 6.63. The van der Waals surface area contributed by atoms with Crippen LogP contribution in [0.25, 0.3) is 0 Å². The Morgan fingerprint density at radius 1 is 1.29 bits per heavy atom. The van der Waals surface area contributed by atoms with Gasteiger partial charge in [-0.3, -0.25) is 4.79 Å². The fourth-order valence-electron chi connectivity index (χ4n) is 2.83. The van der Waals surface area contributed by atoms with Crippen molar-refractivity contribution >= 4 is 11.6 Å². The molecule has 1 saturated heterocycles. The summed E-state index contributed by atoms with van der Waals surface area (Å²) in [5.74, 6) is 0.0685. The van der Waals surface area contributed by atoms with E-state index in [1.165, 1.54) is 12.8 Å². The highest BCUT2D eigenvalue weighted by Crippen LogP contribution is 2.24. The van der Waals surface area contributed by atoms with E-state index in [0.717, 1.165) is 30.9 Å². The number of anilines is 1. The van der Waals surface area contributed by atoms with Gasteiger partial charge < -0.3 is 16.0 Å². The second-order valence-electron chi connectivity index (χ2n) is 6.63. The van der Waals surface area contributed by atoms with Gasteiger partial charge >= 0.3 is 0 Å². The lowest BCUT2D eigenvalue weighted by Crippen LogP contribution is -2.47. The summed E-state index contributed by atoms with van der Waals surface area (Å²) in [4.78, 5) is 15.0. The van der Waals surface area contributed by atoms with E-state index in [1.54, 1.807) is 0 Å².